The van der Waals surface area contributed by atoms with Gasteiger partial charge in [-0.25, -0.2) is 4.39 Å². The summed E-state index contributed by atoms with van der Waals surface area (Å²) >= 11 is 0. The van der Waals surface area contributed by atoms with Gasteiger partial charge in [0, 0.05) is 11.6 Å². The molecule has 0 radical (unpaired) electrons. The van der Waals surface area contributed by atoms with Crippen LogP contribution in [-0.4, -0.2) is 13.4 Å². The van der Waals surface area contributed by atoms with E-state index in [0.717, 1.165) is 5.39 Å². The fourth-order valence-electron chi connectivity index (χ4n) is 2.14. The Bertz CT molecular complexity index is 920. The quantitative estimate of drug-likeness (QED) is 0.693. The molecular formula is C16H12FNO3S. The summed E-state index contributed by atoms with van der Waals surface area (Å²) in [7, 11) is -3.90. The zero-order valence-electron chi connectivity index (χ0n) is 11.4. The van der Waals surface area contributed by atoms with Crippen LogP contribution in [0.2, 0.25) is 0 Å². The van der Waals surface area contributed by atoms with Crippen molar-refractivity contribution in [1.29, 1.82) is 0 Å². The first-order chi connectivity index (χ1) is 10.5. The van der Waals surface area contributed by atoms with Crippen LogP contribution in [-0.2, 0) is 15.9 Å². The van der Waals surface area contributed by atoms with E-state index in [1.807, 2.05) is 12.1 Å². The molecule has 0 aliphatic carbocycles. The Morgan fingerprint density at radius 2 is 1.82 bits per heavy atom. The van der Waals surface area contributed by atoms with Gasteiger partial charge in [-0.3, -0.25) is 4.98 Å². The maximum atomic E-state index is 13.1. The fourth-order valence-corrected chi connectivity index (χ4v) is 3.20. The minimum Gasteiger partial charge on any atom is -0.380 e. The summed E-state index contributed by atoms with van der Waals surface area (Å²) in [6.45, 7) is 0. The number of rotatable bonds is 4. The number of aromatic nitrogens is 1. The first-order valence-corrected chi connectivity index (χ1v) is 8.12. The van der Waals surface area contributed by atoms with Crippen LogP contribution in [0.5, 0.6) is 5.75 Å². The highest BCUT2D eigenvalue weighted by atomic mass is 32.2. The van der Waals surface area contributed by atoms with E-state index in [1.54, 1.807) is 24.4 Å². The van der Waals surface area contributed by atoms with Gasteiger partial charge in [0.2, 0.25) is 0 Å². The van der Waals surface area contributed by atoms with Gasteiger partial charge in [-0.1, -0.05) is 30.3 Å². The Hall–Kier alpha value is -2.47. The number of hydrogen-bond acceptors (Lipinski definition) is 4. The van der Waals surface area contributed by atoms with Crippen LogP contribution in [0.4, 0.5) is 4.39 Å². The van der Waals surface area contributed by atoms with Crippen LogP contribution in [0.1, 0.15) is 5.56 Å². The number of nitrogens with zero attached hydrogens (tertiary/aromatic N) is 1. The molecule has 0 bridgehead atoms. The molecule has 0 saturated heterocycles. The molecule has 0 N–H and O–H groups in total. The predicted molar refractivity (Wildman–Crippen MR) is 81.4 cm³/mol. The summed E-state index contributed by atoms with van der Waals surface area (Å²) in [5.74, 6) is -0.734. The number of pyridine rings is 1. The van der Waals surface area contributed by atoms with Crippen molar-refractivity contribution in [2.75, 3.05) is 0 Å². The van der Waals surface area contributed by atoms with Crippen molar-refractivity contribution in [1.82, 2.24) is 4.98 Å². The van der Waals surface area contributed by atoms with Crippen molar-refractivity contribution >= 4 is 21.0 Å². The van der Waals surface area contributed by atoms with Crippen molar-refractivity contribution in [3.05, 3.63) is 72.2 Å². The predicted octanol–water partition coefficient (Wildman–Crippen LogP) is 3.28. The molecule has 0 spiro atoms. The highest BCUT2D eigenvalue weighted by Gasteiger charge is 2.16. The Morgan fingerprint density at radius 1 is 1.05 bits per heavy atom. The lowest BCUT2D eigenvalue weighted by atomic mass is 10.2. The van der Waals surface area contributed by atoms with E-state index in [4.69, 9.17) is 4.18 Å². The molecule has 0 atom stereocenters. The molecule has 22 heavy (non-hydrogen) atoms. The molecule has 0 aliphatic heterocycles. The van der Waals surface area contributed by atoms with Crippen LogP contribution in [0.25, 0.3) is 10.9 Å². The van der Waals surface area contributed by atoms with Crippen LogP contribution in [0, 0.1) is 5.82 Å². The van der Waals surface area contributed by atoms with E-state index in [1.165, 1.54) is 24.3 Å². The monoisotopic (exact) mass is 317 g/mol. The van der Waals surface area contributed by atoms with Gasteiger partial charge in [-0.2, -0.15) is 8.42 Å². The van der Waals surface area contributed by atoms with Crippen molar-refractivity contribution in [2.24, 2.45) is 0 Å². The van der Waals surface area contributed by atoms with Crippen molar-refractivity contribution in [2.45, 2.75) is 5.75 Å². The molecule has 0 unspecified atom stereocenters. The average molecular weight is 317 g/mol. The Labute approximate surface area is 127 Å². The second-order valence-electron chi connectivity index (χ2n) is 4.75. The summed E-state index contributed by atoms with van der Waals surface area (Å²) in [6.07, 6.45) is 1.56. The lowest BCUT2D eigenvalue weighted by Crippen LogP contribution is -2.12. The topological polar surface area (TPSA) is 56.3 Å². The van der Waals surface area contributed by atoms with Crippen LogP contribution >= 0.6 is 0 Å². The van der Waals surface area contributed by atoms with Gasteiger partial charge in [0.15, 0.2) is 5.75 Å². The van der Waals surface area contributed by atoms with E-state index in [-0.39, 0.29) is 5.75 Å². The van der Waals surface area contributed by atoms with E-state index in [2.05, 4.69) is 4.98 Å². The number of halogens is 1. The van der Waals surface area contributed by atoms with Gasteiger partial charge in [-0.05, 0) is 29.8 Å². The van der Waals surface area contributed by atoms with Gasteiger partial charge in [0.1, 0.15) is 17.1 Å². The molecular weight excluding hydrogens is 305 g/mol. The molecule has 0 saturated carbocycles. The van der Waals surface area contributed by atoms with E-state index in [0.29, 0.717) is 11.1 Å². The Balaban J connectivity index is 1.90. The van der Waals surface area contributed by atoms with Crippen molar-refractivity contribution in [3.8, 4) is 5.75 Å². The molecule has 6 heteroatoms. The zero-order chi connectivity index (χ0) is 15.6. The minimum atomic E-state index is -3.90. The summed E-state index contributed by atoms with van der Waals surface area (Å²) in [5, 5.41) is 0.779. The highest BCUT2D eigenvalue weighted by Crippen LogP contribution is 2.25. The van der Waals surface area contributed by atoms with Gasteiger partial charge < -0.3 is 4.18 Å². The maximum absolute atomic E-state index is 13.1. The zero-order valence-corrected chi connectivity index (χ0v) is 12.3. The van der Waals surface area contributed by atoms with E-state index < -0.39 is 21.7 Å². The standard InChI is InChI=1S/C16H12FNO3S/c17-14-7-1-4-12(10-14)11-22(19,20)21-15-8-2-5-13-6-3-9-18-16(13)15/h1-10H,11H2. The van der Waals surface area contributed by atoms with Crippen LogP contribution in [0.3, 0.4) is 0 Å². The third-order valence-electron chi connectivity index (χ3n) is 3.04. The second-order valence-corrected chi connectivity index (χ2v) is 6.32. The molecule has 0 amide bonds. The average Bonchev–Trinajstić information content (AvgIpc) is 2.47. The fraction of sp³-hybridized carbons (Fsp3) is 0.0625. The van der Waals surface area contributed by atoms with Gasteiger partial charge >= 0.3 is 10.1 Å². The smallest absolute Gasteiger partial charge is 0.313 e. The van der Waals surface area contributed by atoms with E-state index >= 15 is 0 Å². The molecule has 2 aromatic carbocycles. The number of benzene rings is 2. The number of para-hydroxylation sites is 1. The Morgan fingerprint density at radius 3 is 2.64 bits per heavy atom. The van der Waals surface area contributed by atoms with Crippen LogP contribution in [0.15, 0.2) is 60.8 Å². The van der Waals surface area contributed by atoms with Crippen LogP contribution < -0.4 is 4.18 Å². The van der Waals surface area contributed by atoms with Gasteiger partial charge in [0.25, 0.3) is 0 Å². The lowest BCUT2D eigenvalue weighted by molar-refractivity contribution is 0.487. The third kappa shape index (κ3) is 3.23. The molecule has 112 valence electrons. The first kappa shape index (κ1) is 14.5. The summed E-state index contributed by atoms with van der Waals surface area (Å²) in [5.41, 5.74) is 0.793. The third-order valence-corrected chi connectivity index (χ3v) is 4.17. The highest BCUT2D eigenvalue weighted by molar-refractivity contribution is 7.86. The van der Waals surface area contributed by atoms with E-state index in [9.17, 15) is 12.8 Å². The first-order valence-electron chi connectivity index (χ1n) is 6.54. The SMILES string of the molecule is O=S(=O)(Cc1cccc(F)c1)Oc1cccc2cccnc12. The molecule has 1 aromatic heterocycles. The van der Waals surface area contributed by atoms with Crippen molar-refractivity contribution in [3.63, 3.8) is 0 Å². The van der Waals surface area contributed by atoms with Gasteiger partial charge in [0.05, 0.1) is 0 Å². The molecule has 0 fully saturated rings. The number of fused-ring (bicyclic) bond motifs is 1. The summed E-state index contributed by atoms with van der Waals surface area (Å²) in [4.78, 5) is 4.14. The Kier molecular flexibility index (Phi) is 3.77. The molecule has 4 nitrogen and oxygen atoms in total. The lowest BCUT2D eigenvalue weighted by Gasteiger charge is -2.09. The maximum Gasteiger partial charge on any atom is 0.313 e. The molecule has 0 aliphatic rings. The second kappa shape index (κ2) is 5.73. The number of hydrogen-bond donors (Lipinski definition) is 0. The van der Waals surface area contributed by atoms with Crippen molar-refractivity contribution < 1.29 is 17.0 Å². The summed E-state index contributed by atoms with van der Waals surface area (Å²) < 4.78 is 42.6. The largest absolute Gasteiger partial charge is 0.380 e. The summed E-state index contributed by atoms with van der Waals surface area (Å²) in [6, 6.07) is 14.0. The van der Waals surface area contributed by atoms with Gasteiger partial charge in [-0.15, -0.1) is 0 Å². The molecule has 3 rings (SSSR count). The normalized spacial score (nSPS) is 11.5. The minimum absolute atomic E-state index is 0.162. The molecule has 3 aromatic rings. The molecule has 1 heterocycles.